The van der Waals surface area contributed by atoms with Gasteiger partial charge in [0, 0.05) is 18.7 Å². The second kappa shape index (κ2) is 6.28. The number of aryl methyl sites for hydroxylation is 2. The van der Waals surface area contributed by atoms with Crippen LogP contribution in [0.3, 0.4) is 0 Å². The Morgan fingerprint density at radius 1 is 1.30 bits per heavy atom. The van der Waals surface area contributed by atoms with Crippen molar-refractivity contribution in [3.63, 3.8) is 0 Å². The number of benzene rings is 1. The molecule has 0 saturated carbocycles. The number of likely N-dealkylation sites (tertiary alicyclic amines) is 1. The van der Waals surface area contributed by atoms with Crippen LogP contribution in [-0.2, 0) is 16.1 Å². The fourth-order valence-corrected chi connectivity index (χ4v) is 2.75. The molecule has 2 heterocycles. The minimum Gasteiger partial charge on any atom is -0.467 e. The summed E-state index contributed by atoms with van der Waals surface area (Å²) in [5, 5.41) is 2.91. The molecule has 1 fully saturated rings. The Bertz CT molecular complexity index is 722. The summed E-state index contributed by atoms with van der Waals surface area (Å²) in [7, 11) is 0. The minimum absolute atomic E-state index is 0.0124. The Balaban J connectivity index is 1.62. The van der Waals surface area contributed by atoms with Crippen LogP contribution in [0.25, 0.3) is 0 Å². The zero-order chi connectivity index (χ0) is 16.4. The van der Waals surface area contributed by atoms with Gasteiger partial charge in [-0.05, 0) is 49.2 Å². The number of carbonyl (C=O) groups is 2. The molecule has 23 heavy (non-hydrogen) atoms. The van der Waals surface area contributed by atoms with Crippen LogP contribution in [0.1, 0.15) is 23.3 Å². The number of carbonyl (C=O) groups excluding carboxylic acids is 2. The van der Waals surface area contributed by atoms with E-state index in [2.05, 4.69) is 5.32 Å². The Morgan fingerprint density at radius 3 is 2.83 bits per heavy atom. The van der Waals surface area contributed by atoms with Crippen molar-refractivity contribution >= 4 is 17.5 Å². The van der Waals surface area contributed by atoms with Gasteiger partial charge < -0.3 is 14.6 Å². The monoisotopic (exact) mass is 312 g/mol. The van der Waals surface area contributed by atoms with Crippen LogP contribution in [-0.4, -0.2) is 23.3 Å². The summed E-state index contributed by atoms with van der Waals surface area (Å²) in [5.41, 5.74) is 3.09. The van der Waals surface area contributed by atoms with Gasteiger partial charge in [-0.25, -0.2) is 0 Å². The molecule has 0 spiro atoms. The molecule has 120 valence electrons. The topological polar surface area (TPSA) is 62.6 Å². The molecule has 2 amide bonds. The van der Waals surface area contributed by atoms with E-state index in [1.807, 2.05) is 38.1 Å². The summed E-state index contributed by atoms with van der Waals surface area (Å²) in [5.74, 6) is 0.290. The van der Waals surface area contributed by atoms with Crippen LogP contribution >= 0.6 is 0 Å². The van der Waals surface area contributed by atoms with Crippen molar-refractivity contribution in [1.82, 2.24) is 4.90 Å². The average Bonchev–Trinajstić information content (AvgIpc) is 3.14. The van der Waals surface area contributed by atoms with Gasteiger partial charge in [-0.1, -0.05) is 6.07 Å². The number of furan rings is 1. The lowest BCUT2D eigenvalue weighted by atomic mass is 10.1. The zero-order valence-electron chi connectivity index (χ0n) is 13.3. The summed E-state index contributed by atoms with van der Waals surface area (Å²) < 4.78 is 5.27. The predicted molar refractivity (Wildman–Crippen MR) is 86.8 cm³/mol. The lowest BCUT2D eigenvalue weighted by Gasteiger charge is -2.15. The molecule has 0 bridgehead atoms. The van der Waals surface area contributed by atoms with Gasteiger partial charge in [0.25, 0.3) is 0 Å². The van der Waals surface area contributed by atoms with Gasteiger partial charge in [0.2, 0.25) is 11.8 Å². The molecule has 1 saturated heterocycles. The van der Waals surface area contributed by atoms with Gasteiger partial charge in [0.05, 0.1) is 18.7 Å². The zero-order valence-corrected chi connectivity index (χ0v) is 13.3. The van der Waals surface area contributed by atoms with E-state index >= 15 is 0 Å². The van der Waals surface area contributed by atoms with E-state index in [9.17, 15) is 9.59 Å². The first-order valence-electron chi connectivity index (χ1n) is 7.71. The number of nitrogens with zero attached hydrogens (tertiary/aromatic N) is 1. The molecule has 1 aliphatic rings. The van der Waals surface area contributed by atoms with E-state index < -0.39 is 0 Å². The van der Waals surface area contributed by atoms with E-state index in [4.69, 9.17) is 4.42 Å². The third-order valence-electron chi connectivity index (χ3n) is 4.29. The summed E-state index contributed by atoms with van der Waals surface area (Å²) in [6.45, 7) is 4.88. The first-order chi connectivity index (χ1) is 11.0. The Hall–Kier alpha value is -2.56. The number of anilines is 1. The fraction of sp³-hybridized carbons (Fsp3) is 0.333. The second-order valence-corrected chi connectivity index (χ2v) is 6.04. The smallest absolute Gasteiger partial charge is 0.229 e. The largest absolute Gasteiger partial charge is 0.467 e. The van der Waals surface area contributed by atoms with Crippen molar-refractivity contribution in [2.24, 2.45) is 5.92 Å². The molecule has 1 aromatic heterocycles. The van der Waals surface area contributed by atoms with Crippen molar-refractivity contribution in [2.75, 3.05) is 11.9 Å². The lowest BCUT2D eigenvalue weighted by Crippen LogP contribution is -2.27. The Kier molecular flexibility index (Phi) is 4.19. The number of nitrogens with one attached hydrogen (secondary N) is 1. The maximum absolute atomic E-state index is 12.4. The maximum atomic E-state index is 12.4. The molecular weight excluding hydrogens is 292 g/mol. The van der Waals surface area contributed by atoms with Crippen LogP contribution in [0.4, 0.5) is 5.69 Å². The highest BCUT2D eigenvalue weighted by Crippen LogP contribution is 2.22. The molecule has 3 rings (SSSR count). The molecule has 2 aromatic rings. The van der Waals surface area contributed by atoms with E-state index in [1.165, 1.54) is 5.56 Å². The van der Waals surface area contributed by atoms with Crippen LogP contribution in [0.15, 0.2) is 41.0 Å². The third-order valence-corrected chi connectivity index (χ3v) is 4.29. The number of hydrogen-bond donors (Lipinski definition) is 1. The van der Waals surface area contributed by atoms with Crippen molar-refractivity contribution in [3.8, 4) is 0 Å². The molecule has 5 nitrogen and oxygen atoms in total. The standard InChI is InChI=1S/C18H20N2O3/c1-12-5-6-15(8-13(12)2)19-18(22)14-9-17(21)20(10-14)11-16-4-3-7-23-16/h3-8,14H,9-11H2,1-2H3,(H,19,22). The number of amides is 2. The van der Waals surface area contributed by atoms with Crippen molar-refractivity contribution in [2.45, 2.75) is 26.8 Å². The second-order valence-electron chi connectivity index (χ2n) is 6.04. The molecule has 0 radical (unpaired) electrons. The summed E-state index contributed by atoms with van der Waals surface area (Å²) >= 11 is 0. The van der Waals surface area contributed by atoms with Crippen molar-refractivity contribution < 1.29 is 14.0 Å². The van der Waals surface area contributed by atoms with Crippen LogP contribution < -0.4 is 5.32 Å². The first-order valence-corrected chi connectivity index (χ1v) is 7.71. The summed E-state index contributed by atoms with van der Waals surface area (Å²) in [6, 6.07) is 9.44. The molecular formula is C18H20N2O3. The molecule has 0 aliphatic carbocycles. The number of hydrogen-bond acceptors (Lipinski definition) is 3. The van der Waals surface area contributed by atoms with Crippen LogP contribution in [0, 0.1) is 19.8 Å². The van der Waals surface area contributed by atoms with Gasteiger partial charge in [-0.2, -0.15) is 0 Å². The molecule has 1 N–H and O–H groups in total. The predicted octanol–water partition coefficient (Wildman–Crippen LogP) is 2.88. The van der Waals surface area contributed by atoms with Gasteiger partial charge >= 0.3 is 0 Å². The Labute approximate surface area is 135 Å². The lowest BCUT2D eigenvalue weighted by molar-refractivity contribution is -0.128. The minimum atomic E-state index is -0.320. The SMILES string of the molecule is Cc1ccc(NC(=O)C2CC(=O)N(Cc3ccco3)C2)cc1C. The maximum Gasteiger partial charge on any atom is 0.229 e. The highest BCUT2D eigenvalue weighted by molar-refractivity contribution is 5.97. The molecule has 5 heteroatoms. The number of rotatable bonds is 4. The van der Waals surface area contributed by atoms with Crippen molar-refractivity contribution in [3.05, 3.63) is 53.5 Å². The molecule has 1 atom stereocenters. The van der Waals surface area contributed by atoms with Crippen molar-refractivity contribution in [1.29, 1.82) is 0 Å². The van der Waals surface area contributed by atoms with Gasteiger partial charge in [-0.3, -0.25) is 9.59 Å². The van der Waals surface area contributed by atoms with Gasteiger partial charge in [0.1, 0.15) is 5.76 Å². The highest BCUT2D eigenvalue weighted by atomic mass is 16.3. The molecule has 1 unspecified atom stereocenters. The Morgan fingerprint density at radius 2 is 2.13 bits per heavy atom. The van der Waals surface area contributed by atoms with E-state index in [-0.39, 0.29) is 24.2 Å². The third kappa shape index (κ3) is 3.44. The fourth-order valence-electron chi connectivity index (χ4n) is 2.75. The van der Waals surface area contributed by atoms with E-state index in [0.29, 0.717) is 13.1 Å². The summed E-state index contributed by atoms with van der Waals surface area (Å²) in [4.78, 5) is 26.1. The van der Waals surface area contributed by atoms with Crippen LogP contribution in [0.2, 0.25) is 0 Å². The quantitative estimate of drug-likeness (QED) is 0.944. The van der Waals surface area contributed by atoms with Gasteiger partial charge in [0.15, 0.2) is 0 Å². The van der Waals surface area contributed by atoms with E-state index in [0.717, 1.165) is 17.0 Å². The van der Waals surface area contributed by atoms with Crippen LogP contribution in [0.5, 0.6) is 0 Å². The normalized spacial score (nSPS) is 17.6. The molecule has 1 aliphatic heterocycles. The average molecular weight is 312 g/mol. The van der Waals surface area contributed by atoms with E-state index in [1.54, 1.807) is 17.2 Å². The highest BCUT2D eigenvalue weighted by Gasteiger charge is 2.34. The van der Waals surface area contributed by atoms with Gasteiger partial charge in [-0.15, -0.1) is 0 Å². The summed E-state index contributed by atoms with van der Waals surface area (Å²) in [6.07, 6.45) is 1.83. The first kappa shape index (κ1) is 15.3. The molecule has 1 aromatic carbocycles.